The monoisotopic (exact) mass is 306 g/mol. The minimum absolute atomic E-state index is 0.0492. The van der Waals surface area contributed by atoms with Gasteiger partial charge in [-0.2, -0.15) is 5.26 Å². The number of nitrogens with zero attached hydrogens (tertiary/aromatic N) is 2. The van der Waals surface area contributed by atoms with Crippen LogP contribution in [-0.2, 0) is 5.33 Å². The van der Waals surface area contributed by atoms with Crippen molar-refractivity contribution in [3.05, 3.63) is 53.5 Å². The fraction of sp³-hybridized carbons (Fsp3) is 0.0769. The van der Waals surface area contributed by atoms with Crippen LogP contribution in [0.1, 0.15) is 11.1 Å². The summed E-state index contributed by atoms with van der Waals surface area (Å²) in [6.45, 7) is 0. The van der Waals surface area contributed by atoms with E-state index in [1.165, 1.54) is 12.1 Å². The van der Waals surface area contributed by atoms with Crippen molar-refractivity contribution in [2.75, 3.05) is 0 Å². The first-order chi connectivity index (χ1) is 8.72. The Bertz CT molecular complexity index is 593. The first kappa shape index (κ1) is 12.5. The largest absolute Gasteiger partial charge is 0.436 e. The zero-order valence-corrected chi connectivity index (χ0v) is 10.8. The van der Waals surface area contributed by atoms with Gasteiger partial charge >= 0.3 is 0 Å². The summed E-state index contributed by atoms with van der Waals surface area (Å²) in [4.78, 5) is 4.04. The Hall–Kier alpha value is -1.93. The lowest BCUT2D eigenvalue weighted by atomic mass is 10.2. The minimum Gasteiger partial charge on any atom is -0.436 e. The van der Waals surface area contributed by atoms with Gasteiger partial charge in [-0.15, -0.1) is 0 Å². The number of hydrogen-bond acceptors (Lipinski definition) is 3. The molecule has 3 nitrogen and oxygen atoms in total. The number of benzene rings is 1. The number of rotatable bonds is 3. The van der Waals surface area contributed by atoms with Crippen molar-refractivity contribution >= 4 is 15.9 Å². The molecule has 0 atom stereocenters. The van der Waals surface area contributed by atoms with E-state index in [0.717, 1.165) is 11.6 Å². The normalized spacial score (nSPS) is 9.83. The SMILES string of the molecule is N#Cc1ccc(Oc2ccc(CBr)cn2)c(F)c1. The Morgan fingerprint density at radius 3 is 2.72 bits per heavy atom. The third kappa shape index (κ3) is 2.84. The molecule has 0 radical (unpaired) electrons. The predicted molar refractivity (Wildman–Crippen MR) is 68.1 cm³/mol. The average Bonchev–Trinajstić information content (AvgIpc) is 2.42. The summed E-state index contributed by atoms with van der Waals surface area (Å²) in [7, 11) is 0. The summed E-state index contributed by atoms with van der Waals surface area (Å²) >= 11 is 3.30. The number of aromatic nitrogens is 1. The lowest BCUT2D eigenvalue weighted by Crippen LogP contribution is -1.92. The molecule has 1 heterocycles. The van der Waals surface area contributed by atoms with Crippen molar-refractivity contribution in [2.24, 2.45) is 0 Å². The number of hydrogen-bond donors (Lipinski definition) is 0. The summed E-state index contributed by atoms with van der Waals surface area (Å²) in [5.41, 5.74) is 1.25. The van der Waals surface area contributed by atoms with Gasteiger partial charge in [-0.3, -0.25) is 0 Å². The molecular formula is C13H8BrFN2O. The lowest BCUT2D eigenvalue weighted by Gasteiger charge is -2.06. The summed E-state index contributed by atoms with van der Waals surface area (Å²) in [5, 5.41) is 9.33. The molecule has 0 amide bonds. The lowest BCUT2D eigenvalue weighted by molar-refractivity contribution is 0.427. The van der Waals surface area contributed by atoms with E-state index < -0.39 is 5.82 Å². The molecule has 2 aromatic rings. The third-order valence-electron chi connectivity index (χ3n) is 2.23. The molecule has 0 spiro atoms. The number of halogens is 2. The van der Waals surface area contributed by atoms with Crippen molar-refractivity contribution in [1.29, 1.82) is 5.26 Å². The highest BCUT2D eigenvalue weighted by Gasteiger charge is 2.06. The van der Waals surface area contributed by atoms with Crippen molar-refractivity contribution in [3.8, 4) is 17.7 Å². The number of nitriles is 1. The van der Waals surface area contributed by atoms with Crippen LogP contribution in [0.15, 0.2) is 36.5 Å². The van der Waals surface area contributed by atoms with E-state index in [1.54, 1.807) is 12.3 Å². The smallest absolute Gasteiger partial charge is 0.219 e. The summed E-state index contributed by atoms with van der Waals surface area (Å²) in [6.07, 6.45) is 1.64. The maximum Gasteiger partial charge on any atom is 0.219 e. The van der Waals surface area contributed by atoms with Crippen LogP contribution in [0.5, 0.6) is 11.6 Å². The minimum atomic E-state index is -0.583. The van der Waals surface area contributed by atoms with E-state index in [-0.39, 0.29) is 11.3 Å². The molecule has 0 aliphatic carbocycles. The molecule has 0 N–H and O–H groups in total. The van der Waals surface area contributed by atoms with Gasteiger partial charge in [-0.25, -0.2) is 9.37 Å². The second-order valence-electron chi connectivity index (χ2n) is 3.50. The molecule has 0 aliphatic rings. The number of ether oxygens (including phenoxy) is 1. The zero-order chi connectivity index (χ0) is 13.0. The van der Waals surface area contributed by atoms with Crippen LogP contribution in [-0.4, -0.2) is 4.98 Å². The summed E-state index contributed by atoms with van der Waals surface area (Å²) in [6, 6.07) is 9.38. The topological polar surface area (TPSA) is 45.9 Å². The second kappa shape index (κ2) is 5.61. The van der Waals surface area contributed by atoms with Gasteiger partial charge in [0.2, 0.25) is 5.88 Å². The van der Waals surface area contributed by atoms with Gasteiger partial charge in [0.15, 0.2) is 11.6 Å². The molecule has 0 aliphatic heterocycles. The van der Waals surface area contributed by atoms with Gasteiger partial charge in [0.1, 0.15) is 0 Å². The Morgan fingerprint density at radius 1 is 1.33 bits per heavy atom. The van der Waals surface area contributed by atoms with Crippen LogP contribution in [0.25, 0.3) is 0 Å². The van der Waals surface area contributed by atoms with Crippen molar-refractivity contribution in [3.63, 3.8) is 0 Å². The molecule has 1 aromatic heterocycles. The molecule has 18 heavy (non-hydrogen) atoms. The Labute approximate surface area is 112 Å². The van der Waals surface area contributed by atoms with E-state index in [4.69, 9.17) is 10.00 Å². The quantitative estimate of drug-likeness (QED) is 0.811. The summed E-state index contributed by atoms with van der Waals surface area (Å²) in [5.74, 6) is -0.225. The molecule has 0 bridgehead atoms. The average molecular weight is 307 g/mol. The molecule has 0 fully saturated rings. The first-order valence-electron chi connectivity index (χ1n) is 5.11. The molecule has 1 aromatic carbocycles. The van der Waals surface area contributed by atoms with Gasteiger partial charge < -0.3 is 4.74 Å². The summed E-state index contributed by atoms with van der Waals surface area (Å²) < 4.78 is 18.9. The fourth-order valence-electron chi connectivity index (χ4n) is 1.32. The van der Waals surface area contributed by atoms with Gasteiger partial charge in [0, 0.05) is 17.6 Å². The van der Waals surface area contributed by atoms with E-state index in [0.29, 0.717) is 11.2 Å². The predicted octanol–water partition coefficient (Wildman–Crippen LogP) is 3.78. The Balaban J connectivity index is 2.20. The zero-order valence-electron chi connectivity index (χ0n) is 9.23. The van der Waals surface area contributed by atoms with E-state index in [1.807, 2.05) is 12.1 Å². The maximum absolute atomic E-state index is 13.6. The van der Waals surface area contributed by atoms with E-state index in [9.17, 15) is 4.39 Å². The molecule has 90 valence electrons. The van der Waals surface area contributed by atoms with Gasteiger partial charge in [-0.1, -0.05) is 22.0 Å². The number of pyridine rings is 1. The van der Waals surface area contributed by atoms with E-state index in [2.05, 4.69) is 20.9 Å². The highest BCUT2D eigenvalue weighted by Crippen LogP contribution is 2.23. The molecular weight excluding hydrogens is 299 g/mol. The van der Waals surface area contributed by atoms with E-state index >= 15 is 0 Å². The Morgan fingerprint density at radius 2 is 2.17 bits per heavy atom. The van der Waals surface area contributed by atoms with Crippen LogP contribution in [0.4, 0.5) is 4.39 Å². The van der Waals surface area contributed by atoms with Crippen LogP contribution in [0, 0.1) is 17.1 Å². The van der Waals surface area contributed by atoms with Crippen molar-refractivity contribution in [1.82, 2.24) is 4.98 Å². The van der Waals surface area contributed by atoms with Gasteiger partial charge in [-0.05, 0) is 23.8 Å². The highest BCUT2D eigenvalue weighted by molar-refractivity contribution is 9.08. The second-order valence-corrected chi connectivity index (χ2v) is 4.06. The number of alkyl halides is 1. The van der Waals surface area contributed by atoms with Crippen molar-refractivity contribution in [2.45, 2.75) is 5.33 Å². The van der Waals surface area contributed by atoms with Crippen LogP contribution in [0.2, 0.25) is 0 Å². The van der Waals surface area contributed by atoms with Crippen molar-refractivity contribution < 1.29 is 9.13 Å². The van der Waals surface area contributed by atoms with Crippen LogP contribution >= 0.6 is 15.9 Å². The maximum atomic E-state index is 13.6. The van der Waals surface area contributed by atoms with Gasteiger partial charge in [0.05, 0.1) is 11.6 Å². The first-order valence-corrected chi connectivity index (χ1v) is 6.23. The van der Waals surface area contributed by atoms with Crippen LogP contribution < -0.4 is 4.74 Å². The molecule has 0 saturated heterocycles. The Kier molecular flexibility index (Phi) is 3.90. The highest BCUT2D eigenvalue weighted by atomic mass is 79.9. The van der Waals surface area contributed by atoms with Crippen LogP contribution in [0.3, 0.4) is 0 Å². The fourth-order valence-corrected chi connectivity index (χ4v) is 1.65. The third-order valence-corrected chi connectivity index (χ3v) is 2.87. The standard InChI is InChI=1S/C13H8BrFN2O/c14-6-10-2-4-13(17-8-10)18-12-3-1-9(7-16)5-11(12)15/h1-5,8H,6H2. The van der Waals surface area contributed by atoms with Gasteiger partial charge in [0.25, 0.3) is 0 Å². The molecule has 5 heteroatoms. The molecule has 0 unspecified atom stereocenters. The molecule has 2 rings (SSSR count). The molecule has 0 saturated carbocycles.